The minimum atomic E-state index is -0.551. The molecule has 4 rings (SSSR count). The molecule has 1 heterocycles. The van der Waals surface area contributed by atoms with Crippen LogP contribution in [0.4, 0.5) is 0 Å². The van der Waals surface area contributed by atoms with Crippen LogP contribution < -0.4 is 9.47 Å². The van der Waals surface area contributed by atoms with E-state index in [1.165, 1.54) is 18.9 Å². The number of rotatable bonds is 10. The van der Waals surface area contributed by atoms with Gasteiger partial charge in [0.2, 0.25) is 6.54 Å². The summed E-state index contributed by atoms with van der Waals surface area (Å²) in [6.45, 7) is 3.72. The lowest BCUT2D eigenvalue weighted by Crippen LogP contribution is -2.11. The van der Waals surface area contributed by atoms with Crippen molar-refractivity contribution < 1.29 is 14.4 Å². The number of nitrogens with zero attached hydrogens (tertiary/aromatic N) is 5. The van der Waals surface area contributed by atoms with E-state index in [0.717, 1.165) is 16.8 Å². The van der Waals surface area contributed by atoms with Crippen molar-refractivity contribution in [2.24, 2.45) is 0 Å². The van der Waals surface area contributed by atoms with E-state index in [1.807, 2.05) is 54.8 Å². The molecule has 4 aromatic rings. The Labute approximate surface area is 218 Å². The number of ether oxygens (including phenoxy) is 2. The monoisotopic (exact) mass is 515 g/mol. The number of methoxy groups -OCH3 is 1. The third-order valence-corrected chi connectivity index (χ3v) is 6.88. The number of nitriles is 1. The zero-order chi connectivity index (χ0) is 26.4. The molecule has 0 aliphatic carbocycles. The van der Waals surface area contributed by atoms with Crippen molar-refractivity contribution in [2.75, 3.05) is 13.7 Å². The maximum absolute atomic E-state index is 11.6. The molecule has 1 aromatic heterocycles. The van der Waals surface area contributed by atoms with Gasteiger partial charge in [-0.2, -0.15) is 5.26 Å². The number of benzene rings is 3. The van der Waals surface area contributed by atoms with Gasteiger partial charge in [0.05, 0.1) is 18.7 Å². The molecule has 0 spiro atoms. The summed E-state index contributed by atoms with van der Waals surface area (Å²) in [5.41, 5.74) is 3.96. The summed E-state index contributed by atoms with van der Waals surface area (Å²) in [5.74, 6) is 1.60. The number of hydrogen-bond acceptors (Lipinski definition) is 8. The third kappa shape index (κ3) is 6.08. The van der Waals surface area contributed by atoms with Gasteiger partial charge in [0.15, 0.2) is 16.7 Å². The van der Waals surface area contributed by atoms with Crippen molar-refractivity contribution >= 4 is 11.8 Å². The lowest BCUT2D eigenvalue weighted by molar-refractivity contribution is -0.479. The first-order valence-electron chi connectivity index (χ1n) is 11.5. The molecule has 188 valence electrons. The minimum absolute atomic E-state index is 0.186. The highest BCUT2D eigenvalue weighted by Crippen LogP contribution is 2.39. The molecule has 9 nitrogen and oxygen atoms in total. The van der Waals surface area contributed by atoms with Gasteiger partial charge < -0.3 is 9.47 Å². The summed E-state index contributed by atoms with van der Waals surface area (Å²) in [6, 6.07) is 22.5. The van der Waals surface area contributed by atoms with Crippen LogP contribution in [-0.2, 0) is 6.61 Å². The van der Waals surface area contributed by atoms with E-state index >= 15 is 0 Å². The van der Waals surface area contributed by atoms with Crippen LogP contribution in [0.15, 0.2) is 71.9 Å². The maximum atomic E-state index is 11.6. The fourth-order valence-corrected chi connectivity index (χ4v) is 5.04. The summed E-state index contributed by atoms with van der Waals surface area (Å²) in [5, 5.41) is 29.4. The van der Waals surface area contributed by atoms with Crippen LogP contribution in [0.3, 0.4) is 0 Å². The smallest absolute Gasteiger partial charge is 0.220 e. The average molecular weight is 516 g/mol. The Morgan fingerprint density at radius 2 is 1.89 bits per heavy atom. The molecule has 3 aromatic carbocycles. The highest BCUT2D eigenvalue weighted by atomic mass is 32.2. The standard InChI is InChI=1S/C27H25N5O4S/c1-18-7-6-10-23(13-18)32-19(2)29-30-27(32)37-26(16-31(33)34)20-11-12-24(25(14-20)35-3)36-17-22-9-5-4-8-21(22)15-28/h4-14,26H,16-17H2,1-3H3/t26-/m0/s1. The van der Waals surface area contributed by atoms with Crippen molar-refractivity contribution in [3.05, 3.63) is 105 Å². The minimum Gasteiger partial charge on any atom is -0.493 e. The molecule has 0 aliphatic rings. The lowest BCUT2D eigenvalue weighted by atomic mass is 10.1. The molecule has 0 saturated carbocycles. The first-order chi connectivity index (χ1) is 17.9. The molecule has 0 saturated heterocycles. The van der Waals surface area contributed by atoms with Gasteiger partial charge >= 0.3 is 0 Å². The van der Waals surface area contributed by atoms with Crippen LogP contribution in [0, 0.1) is 35.3 Å². The van der Waals surface area contributed by atoms with Gasteiger partial charge in [-0.15, -0.1) is 10.2 Å². The van der Waals surface area contributed by atoms with Crippen molar-refractivity contribution in [3.8, 4) is 23.3 Å². The summed E-state index contributed by atoms with van der Waals surface area (Å²) in [4.78, 5) is 11.2. The van der Waals surface area contributed by atoms with Crippen LogP contribution in [-0.4, -0.2) is 33.3 Å². The summed E-state index contributed by atoms with van der Waals surface area (Å²) in [7, 11) is 1.52. The fraction of sp³-hybridized carbons (Fsp3) is 0.222. The van der Waals surface area contributed by atoms with E-state index in [9.17, 15) is 15.4 Å². The summed E-state index contributed by atoms with van der Waals surface area (Å²) < 4.78 is 13.4. The third-order valence-electron chi connectivity index (χ3n) is 5.70. The van der Waals surface area contributed by atoms with Gasteiger partial charge in [0, 0.05) is 16.2 Å². The van der Waals surface area contributed by atoms with Crippen molar-refractivity contribution in [2.45, 2.75) is 30.9 Å². The van der Waals surface area contributed by atoms with E-state index < -0.39 is 5.25 Å². The zero-order valence-electron chi connectivity index (χ0n) is 20.6. The molecule has 37 heavy (non-hydrogen) atoms. The van der Waals surface area contributed by atoms with Gasteiger partial charge in [-0.1, -0.05) is 48.2 Å². The first kappa shape index (κ1) is 25.7. The van der Waals surface area contributed by atoms with Crippen molar-refractivity contribution in [1.82, 2.24) is 14.8 Å². The van der Waals surface area contributed by atoms with Crippen LogP contribution in [0.1, 0.15) is 33.3 Å². The Kier molecular flexibility index (Phi) is 8.05. The molecule has 0 fully saturated rings. The Morgan fingerprint density at radius 3 is 2.62 bits per heavy atom. The van der Waals surface area contributed by atoms with Gasteiger partial charge in [-0.05, 0) is 55.3 Å². The Balaban J connectivity index is 1.62. The molecule has 0 amide bonds. The highest BCUT2D eigenvalue weighted by Gasteiger charge is 2.25. The van der Waals surface area contributed by atoms with Gasteiger partial charge in [0.1, 0.15) is 17.7 Å². The van der Waals surface area contributed by atoms with Gasteiger partial charge in [-0.3, -0.25) is 14.7 Å². The largest absolute Gasteiger partial charge is 0.493 e. The Hall–Kier alpha value is -4.36. The second-order valence-corrected chi connectivity index (χ2v) is 9.46. The highest BCUT2D eigenvalue weighted by molar-refractivity contribution is 7.99. The van der Waals surface area contributed by atoms with Crippen molar-refractivity contribution in [1.29, 1.82) is 5.26 Å². The Bertz CT molecular complexity index is 1460. The molecule has 0 bridgehead atoms. The maximum Gasteiger partial charge on any atom is 0.220 e. The number of hydrogen-bond donors (Lipinski definition) is 0. The van der Waals surface area contributed by atoms with Gasteiger partial charge in [-0.25, -0.2) is 0 Å². The summed E-state index contributed by atoms with van der Waals surface area (Å²) >= 11 is 1.27. The van der Waals surface area contributed by atoms with Crippen LogP contribution in [0.5, 0.6) is 11.5 Å². The molecule has 0 aliphatic heterocycles. The van der Waals surface area contributed by atoms with E-state index in [0.29, 0.717) is 33.6 Å². The SMILES string of the molecule is COc1cc([C@H](C[N+](=O)[O-])Sc2nnc(C)n2-c2cccc(C)c2)ccc1OCc1ccccc1C#N. The number of thioether (sulfide) groups is 1. The van der Waals surface area contributed by atoms with Crippen molar-refractivity contribution in [3.63, 3.8) is 0 Å². The van der Waals surface area contributed by atoms with E-state index in [4.69, 9.17) is 9.47 Å². The van der Waals surface area contributed by atoms with E-state index in [1.54, 1.807) is 30.3 Å². The van der Waals surface area contributed by atoms with E-state index in [-0.39, 0.29) is 18.1 Å². The quantitative estimate of drug-likeness (QED) is 0.155. The van der Waals surface area contributed by atoms with Gasteiger partial charge in [0.25, 0.3) is 0 Å². The van der Waals surface area contributed by atoms with Crippen LogP contribution in [0.25, 0.3) is 5.69 Å². The van der Waals surface area contributed by atoms with E-state index in [2.05, 4.69) is 16.3 Å². The topological polar surface area (TPSA) is 116 Å². The lowest BCUT2D eigenvalue weighted by Gasteiger charge is -2.17. The molecule has 0 unspecified atom stereocenters. The number of aromatic nitrogens is 3. The number of aryl methyl sites for hydroxylation is 2. The predicted molar refractivity (Wildman–Crippen MR) is 140 cm³/mol. The normalized spacial score (nSPS) is 11.5. The number of nitro groups is 1. The molecule has 1 atom stereocenters. The second-order valence-electron chi connectivity index (χ2n) is 8.29. The molecule has 10 heteroatoms. The molecule has 0 N–H and O–H groups in total. The average Bonchev–Trinajstić information content (AvgIpc) is 3.26. The van der Waals surface area contributed by atoms with Crippen LogP contribution >= 0.6 is 11.8 Å². The molecular weight excluding hydrogens is 490 g/mol. The zero-order valence-corrected chi connectivity index (χ0v) is 21.4. The first-order valence-corrected chi connectivity index (χ1v) is 12.3. The molecule has 0 radical (unpaired) electrons. The summed E-state index contributed by atoms with van der Waals surface area (Å²) in [6.07, 6.45) is 0. The fourth-order valence-electron chi connectivity index (χ4n) is 3.87. The van der Waals surface area contributed by atoms with Crippen LogP contribution in [0.2, 0.25) is 0 Å². The molecular formula is C27H25N5O4S. The second kappa shape index (κ2) is 11.6. The Morgan fingerprint density at radius 1 is 1.08 bits per heavy atom. The predicted octanol–water partition coefficient (Wildman–Crippen LogP) is 5.45.